The molecule has 0 radical (unpaired) electrons. The molecule has 0 aliphatic carbocycles. The number of methoxy groups -OCH3 is 4. The van der Waals surface area contributed by atoms with Gasteiger partial charge in [0, 0.05) is 73.9 Å². The highest BCUT2D eigenvalue weighted by molar-refractivity contribution is 7.89. The lowest BCUT2D eigenvalue weighted by molar-refractivity contribution is 0.0943. The molecule has 2 aromatic heterocycles. The Balaban J connectivity index is 0.000000198. The van der Waals surface area contributed by atoms with E-state index in [0.717, 1.165) is 56.3 Å². The number of nitrogens with two attached hydrogens (primary N) is 4. The molecule has 93 heavy (non-hydrogen) atoms. The highest BCUT2D eigenvalue weighted by atomic mass is 35.5. The number of ether oxygens (including phenoxy) is 4. The molecule has 0 aliphatic heterocycles. The second-order valence-electron chi connectivity index (χ2n) is 20.1. The Hall–Kier alpha value is -10.6. The van der Waals surface area contributed by atoms with Crippen molar-refractivity contribution in [2.75, 3.05) is 51.4 Å². The van der Waals surface area contributed by atoms with E-state index < -0.39 is 20.0 Å². The third-order valence-corrected chi connectivity index (χ3v) is 16.1. The maximum atomic E-state index is 12.6. The number of carbonyl (C=O) groups excluding carboxylic acids is 2. The number of halogens is 1. The molecule has 2 heterocycles. The molecule has 0 spiro atoms. The van der Waals surface area contributed by atoms with E-state index in [2.05, 4.69) is 40.0 Å². The van der Waals surface area contributed by atoms with Crippen LogP contribution in [0.5, 0.6) is 23.0 Å². The standard InChI is InChI=1S/C20H20N4O2.C19H20N4O3S.C15H16N2O2.C14H16N2O3S.ClH/c1-26-18-7-3-5-15(12-18)13-23-19(25)16-6-2-4-14(10-16)11-17-8-9-22-20(21)24-17;1-26-17-6-2-5-15(11-17)13-22-27(24,25)18-7-3-4-14(12-18)10-16-8-9-21-19(20)23-16;1-19-14-7-2-4-11(8-14)10-17-15(18)12-5-3-6-13(16)9-12;1-19-13-6-2-4-11(8-13)10-16-20(17,18)14-7-3-5-12(15)9-14;/h2-10,12H,11,13H2,1H3,(H,23,25)(H2,21,22,24);2-9,11-12,22H,10,13H2,1H3,(H2,20,21,23);2-9H,10,16H2,1H3,(H,17,18);2-9,16H,10,15H2,1H3;1H. The Labute approximate surface area is 547 Å². The van der Waals surface area contributed by atoms with Gasteiger partial charge in [0.2, 0.25) is 31.9 Å². The van der Waals surface area contributed by atoms with Crippen LogP contribution in [-0.2, 0) is 59.1 Å². The van der Waals surface area contributed by atoms with Crippen LogP contribution in [0.3, 0.4) is 0 Å². The zero-order chi connectivity index (χ0) is 65.9. The summed E-state index contributed by atoms with van der Waals surface area (Å²) in [5.74, 6) is 3.07. The van der Waals surface area contributed by atoms with Gasteiger partial charge in [-0.25, -0.2) is 46.2 Å². The van der Waals surface area contributed by atoms with E-state index in [-0.39, 0.29) is 59.0 Å². The number of hydrogen-bond acceptors (Lipinski definition) is 18. The van der Waals surface area contributed by atoms with Crippen LogP contribution in [-0.4, -0.2) is 77.0 Å². The number of nitrogens with zero attached hydrogens (tertiary/aromatic N) is 4. The molecule has 484 valence electrons. The van der Waals surface area contributed by atoms with Gasteiger partial charge in [-0.3, -0.25) is 9.59 Å². The van der Waals surface area contributed by atoms with Crippen LogP contribution in [0.1, 0.15) is 65.5 Å². The Morgan fingerprint density at radius 3 is 1.12 bits per heavy atom. The van der Waals surface area contributed by atoms with Gasteiger partial charge in [-0.1, -0.05) is 84.9 Å². The van der Waals surface area contributed by atoms with Gasteiger partial charge in [0.15, 0.2) is 0 Å². The summed E-state index contributed by atoms with van der Waals surface area (Å²) in [4.78, 5) is 40.8. The molecule has 0 aliphatic rings. The highest BCUT2D eigenvalue weighted by Crippen LogP contribution is 2.20. The van der Waals surface area contributed by atoms with Crippen molar-refractivity contribution in [3.8, 4) is 23.0 Å². The van der Waals surface area contributed by atoms with Gasteiger partial charge in [-0.15, -0.1) is 12.4 Å². The van der Waals surface area contributed by atoms with Crippen LogP contribution >= 0.6 is 12.4 Å². The fraction of sp³-hybridized carbons (Fsp3) is 0.147. The minimum atomic E-state index is -3.65. The Morgan fingerprint density at radius 1 is 0.387 bits per heavy atom. The molecule has 8 aromatic carbocycles. The monoisotopic (exact) mass is 1320 g/mol. The smallest absolute Gasteiger partial charge is 0.251 e. The van der Waals surface area contributed by atoms with Crippen molar-refractivity contribution >= 4 is 67.5 Å². The number of benzene rings is 8. The first-order valence-electron chi connectivity index (χ1n) is 28.4. The van der Waals surface area contributed by atoms with E-state index in [4.69, 9.17) is 41.9 Å². The second kappa shape index (κ2) is 35.7. The molecule has 10 aromatic rings. The van der Waals surface area contributed by atoms with Crippen molar-refractivity contribution in [1.29, 1.82) is 0 Å². The molecule has 2 amide bonds. The lowest BCUT2D eigenvalue weighted by atomic mass is 10.1. The predicted molar refractivity (Wildman–Crippen MR) is 363 cm³/mol. The van der Waals surface area contributed by atoms with Crippen LogP contribution in [0.15, 0.2) is 228 Å². The molecule has 25 heteroatoms. The van der Waals surface area contributed by atoms with Crippen molar-refractivity contribution in [3.05, 3.63) is 275 Å². The van der Waals surface area contributed by atoms with E-state index in [1.54, 1.807) is 132 Å². The summed E-state index contributed by atoms with van der Waals surface area (Å²) in [6.45, 7) is 1.24. The first-order chi connectivity index (χ1) is 44.3. The summed E-state index contributed by atoms with van der Waals surface area (Å²) in [5, 5.41) is 5.77. The summed E-state index contributed by atoms with van der Waals surface area (Å²) >= 11 is 0. The number of rotatable bonds is 22. The van der Waals surface area contributed by atoms with Crippen molar-refractivity contribution in [3.63, 3.8) is 0 Å². The first kappa shape index (κ1) is 71.4. The Bertz CT molecular complexity index is 4320. The molecule has 0 bridgehead atoms. The van der Waals surface area contributed by atoms with E-state index in [9.17, 15) is 26.4 Å². The van der Waals surface area contributed by atoms with Crippen molar-refractivity contribution in [2.24, 2.45) is 0 Å². The average molecular weight is 1320 g/mol. The summed E-state index contributed by atoms with van der Waals surface area (Å²) < 4.78 is 75.2. The number of carbonyl (C=O) groups is 2. The van der Waals surface area contributed by atoms with Crippen LogP contribution in [0, 0.1) is 0 Å². The predicted octanol–water partition coefficient (Wildman–Crippen LogP) is 9.11. The number of anilines is 4. The summed E-state index contributed by atoms with van der Waals surface area (Å²) in [6, 6.07) is 60.5. The quantitative estimate of drug-likeness (QED) is 0.0293. The van der Waals surface area contributed by atoms with Crippen LogP contribution in [0.2, 0.25) is 0 Å². The second-order valence-corrected chi connectivity index (χ2v) is 23.7. The third kappa shape index (κ3) is 23.6. The fourth-order valence-corrected chi connectivity index (χ4v) is 10.8. The normalized spacial score (nSPS) is 10.6. The van der Waals surface area contributed by atoms with Gasteiger partial charge in [0.1, 0.15) is 23.0 Å². The first-order valence-corrected chi connectivity index (χ1v) is 31.4. The molecule has 0 unspecified atom stereocenters. The topological polar surface area (TPSA) is 343 Å². The van der Waals surface area contributed by atoms with Gasteiger partial charge in [0.25, 0.3) is 11.8 Å². The largest absolute Gasteiger partial charge is 0.497 e. The molecule has 12 N–H and O–H groups in total. The van der Waals surface area contributed by atoms with E-state index in [1.807, 2.05) is 103 Å². The molecular formula is C68H73ClN12O10S2. The van der Waals surface area contributed by atoms with Gasteiger partial charge >= 0.3 is 0 Å². The number of nitrogen functional groups attached to an aromatic ring is 4. The molecule has 22 nitrogen and oxygen atoms in total. The van der Waals surface area contributed by atoms with Crippen LogP contribution in [0.4, 0.5) is 23.3 Å². The lowest BCUT2D eigenvalue weighted by Gasteiger charge is -2.09. The van der Waals surface area contributed by atoms with E-state index in [1.165, 1.54) is 12.1 Å². The number of amides is 2. The molecule has 10 rings (SSSR count). The minimum absolute atomic E-state index is 0. The maximum absolute atomic E-state index is 12.6. The lowest BCUT2D eigenvalue weighted by Crippen LogP contribution is -2.23. The summed E-state index contributed by atoms with van der Waals surface area (Å²) in [7, 11) is -0.851. The minimum Gasteiger partial charge on any atom is -0.497 e. The fourth-order valence-electron chi connectivity index (χ4n) is 8.67. The molecule has 0 fully saturated rings. The van der Waals surface area contributed by atoms with E-state index in [0.29, 0.717) is 59.9 Å². The zero-order valence-electron chi connectivity index (χ0n) is 51.4. The Kier molecular flexibility index (Phi) is 27.4. The molecule has 0 saturated heterocycles. The average Bonchev–Trinajstić information content (AvgIpc) is 1.06. The van der Waals surface area contributed by atoms with Crippen molar-refractivity contribution in [2.45, 2.75) is 48.8 Å². The van der Waals surface area contributed by atoms with Crippen molar-refractivity contribution < 1.29 is 45.4 Å². The van der Waals surface area contributed by atoms with E-state index >= 15 is 0 Å². The van der Waals surface area contributed by atoms with Crippen LogP contribution in [0.25, 0.3) is 0 Å². The van der Waals surface area contributed by atoms with Gasteiger partial charge in [-0.2, -0.15) is 0 Å². The molecule has 0 atom stereocenters. The van der Waals surface area contributed by atoms with Gasteiger partial charge in [-0.05, 0) is 155 Å². The van der Waals surface area contributed by atoms with Crippen molar-refractivity contribution in [1.82, 2.24) is 40.0 Å². The highest BCUT2D eigenvalue weighted by Gasteiger charge is 2.17. The summed E-state index contributed by atoms with van der Waals surface area (Å²) in [5.41, 5.74) is 31.5. The van der Waals surface area contributed by atoms with Gasteiger partial charge in [0.05, 0.1) is 49.6 Å². The third-order valence-electron chi connectivity index (χ3n) is 13.3. The zero-order valence-corrected chi connectivity index (χ0v) is 53.9. The number of aromatic nitrogens is 4. The number of sulfonamides is 2. The molecule has 0 saturated carbocycles. The maximum Gasteiger partial charge on any atom is 0.251 e. The number of nitrogens with one attached hydrogen (secondary N) is 4. The summed E-state index contributed by atoms with van der Waals surface area (Å²) in [6.07, 6.45) is 4.26. The Morgan fingerprint density at radius 2 is 0.720 bits per heavy atom. The SMILES string of the molecule is COc1cccc(CNC(=O)c2cccc(Cc3ccnc(N)n3)c2)c1.COc1cccc(CNC(=O)c2cccc(N)c2)c1.COc1cccc(CNS(=O)(=O)c2cccc(Cc3ccnc(N)n3)c2)c1.COc1cccc(CNS(=O)(=O)c2cccc(N)c2)c1.Cl. The molecular weight excluding hydrogens is 1240 g/mol. The van der Waals surface area contributed by atoms with Crippen LogP contribution < -0.4 is 62.0 Å². The number of hydrogen-bond donors (Lipinski definition) is 8. The van der Waals surface area contributed by atoms with Gasteiger partial charge < -0.3 is 52.5 Å².